The first-order valence-corrected chi connectivity index (χ1v) is 27.6. The van der Waals surface area contributed by atoms with E-state index in [1.165, 1.54) is 212 Å². The zero-order valence-electron chi connectivity index (χ0n) is 42.8. The van der Waals surface area contributed by atoms with Gasteiger partial charge in [0.15, 0.2) is 6.10 Å². The SMILES string of the molecule is CCCCCCCCCCCCCCCCCCCCCCCCCC(=O)OC(COCCC(C(=O)[O-])[N+](C)(C)C)COC(=O)CCCCCCCCCCCCCCCCCC. The van der Waals surface area contributed by atoms with Crippen LogP contribution in [-0.2, 0) is 28.6 Å². The Morgan fingerprint density at radius 1 is 0.413 bits per heavy atom. The van der Waals surface area contributed by atoms with E-state index in [-0.39, 0.29) is 42.7 Å². The Balaban J connectivity index is 4.12. The summed E-state index contributed by atoms with van der Waals surface area (Å²) in [6.45, 7) is 4.73. The minimum Gasteiger partial charge on any atom is -0.544 e. The van der Waals surface area contributed by atoms with Crippen LogP contribution in [0.15, 0.2) is 0 Å². The topological polar surface area (TPSA) is 102 Å². The maximum atomic E-state index is 12.8. The van der Waals surface area contributed by atoms with Crippen LogP contribution in [0.5, 0.6) is 0 Å². The number of carbonyl (C=O) groups excluding carboxylic acids is 3. The Kier molecular flexibility index (Phi) is 45.6. The van der Waals surface area contributed by atoms with E-state index in [0.717, 1.165) is 38.5 Å². The van der Waals surface area contributed by atoms with E-state index in [1.54, 1.807) is 0 Å². The van der Waals surface area contributed by atoms with Crippen LogP contribution in [-0.4, -0.2) is 75.5 Å². The van der Waals surface area contributed by atoms with Crippen molar-refractivity contribution in [3.05, 3.63) is 0 Å². The van der Waals surface area contributed by atoms with Crippen molar-refractivity contribution in [1.82, 2.24) is 0 Å². The molecule has 0 N–H and O–H groups in total. The van der Waals surface area contributed by atoms with E-state index in [4.69, 9.17) is 14.2 Å². The monoisotopic (exact) mass is 894 g/mol. The molecule has 8 heteroatoms. The van der Waals surface area contributed by atoms with Gasteiger partial charge in [0, 0.05) is 19.3 Å². The Hall–Kier alpha value is -1.67. The molecular weight excluding hydrogens is 787 g/mol. The van der Waals surface area contributed by atoms with Crippen LogP contribution in [0, 0.1) is 0 Å². The molecule has 0 amide bonds. The maximum Gasteiger partial charge on any atom is 0.306 e. The summed E-state index contributed by atoms with van der Waals surface area (Å²) in [5.41, 5.74) is 0. The number of carbonyl (C=O) groups is 3. The van der Waals surface area contributed by atoms with E-state index < -0.39 is 18.1 Å². The van der Waals surface area contributed by atoms with Gasteiger partial charge in [-0.3, -0.25) is 9.59 Å². The van der Waals surface area contributed by atoms with Gasteiger partial charge in [0.1, 0.15) is 12.6 Å². The number of hydrogen-bond acceptors (Lipinski definition) is 7. The minimum atomic E-state index is -1.12. The molecule has 0 saturated carbocycles. The average molecular weight is 894 g/mol. The molecule has 0 rings (SSSR count). The van der Waals surface area contributed by atoms with Gasteiger partial charge in [-0.25, -0.2) is 0 Å². The average Bonchev–Trinajstić information content (AvgIpc) is 3.24. The predicted octanol–water partition coefficient (Wildman–Crippen LogP) is 14.7. The predicted molar refractivity (Wildman–Crippen MR) is 264 cm³/mol. The summed E-state index contributed by atoms with van der Waals surface area (Å²) in [5.74, 6) is -1.70. The van der Waals surface area contributed by atoms with E-state index in [0.29, 0.717) is 12.8 Å². The second-order valence-electron chi connectivity index (χ2n) is 20.2. The van der Waals surface area contributed by atoms with Crippen LogP contribution in [0.25, 0.3) is 0 Å². The fourth-order valence-electron chi connectivity index (χ4n) is 8.72. The molecule has 374 valence electrons. The van der Waals surface area contributed by atoms with Crippen LogP contribution < -0.4 is 5.11 Å². The number of carboxylic acid groups (broad SMARTS) is 1. The standard InChI is InChI=1S/C55H107NO7/c1-6-8-10-12-14-16-18-20-22-24-25-26-27-28-29-30-32-34-36-38-40-42-44-46-54(58)63-51(49-61-48-47-52(55(59)60)56(3,4)5)50-62-53(57)45-43-41-39-37-35-33-31-23-21-19-17-15-13-11-9-7-2/h51-52H,6-50H2,1-5H3. The van der Waals surface area contributed by atoms with E-state index in [1.807, 2.05) is 21.1 Å². The smallest absolute Gasteiger partial charge is 0.306 e. The molecule has 0 heterocycles. The molecule has 0 bridgehead atoms. The van der Waals surface area contributed by atoms with Crippen LogP contribution in [0.4, 0.5) is 0 Å². The summed E-state index contributed by atoms with van der Waals surface area (Å²) in [6, 6.07) is -0.720. The summed E-state index contributed by atoms with van der Waals surface area (Å²) in [7, 11) is 5.44. The highest BCUT2D eigenvalue weighted by molar-refractivity contribution is 5.70. The number of hydrogen-bond donors (Lipinski definition) is 0. The molecule has 0 aromatic carbocycles. The third-order valence-corrected chi connectivity index (χ3v) is 13.0. The van der Waals surface area contributed by atoms with E-state index in [9.17, 15) is 19.5 Å². The summed E-state index contributed by atoms with van der Waals surface area (Å²) < 4.78 is 17.3. The van der Waals surface area contributed by atoms with Crippen LogP contribution in [0.1, 0.15) is 284 Å². The highest BCUT2D eigenvalue weighted by Crippen LogP contribution is 2.18. The molecule has 0 aliphatic carbocycles. The van der Waals surface area contributed by atoms with Gasteiger partial charge in [-0.05, 0) is 12.8 Å². The van der Waals surface area contributed by atoms with Crippen molar-refractivity contribution in [3.63, 3.8) is 0 Å². The van der Waals surface area contributed by atoms with Crippen LogP contribution in [0.2, 0.25) is 0 Å². The summed E-state index contributed by atoms with van der Waals surface area (Å²) >= 11 is 0. The zero-order chi connectivity index (χ0) is 46.3. The molecule has 2 unspecified atom stereocenters. The lowest BCUT2D eigenvalue weighted by Gasteiger charge is -2.34. The molecule has 0 aromatic rings. The third kappa shape index (κ3) is 45.3. The van der Waals surface area contributed by atoms with Gasteiger partial charge in [-0.1, -0.05) is 251 Å². The first-order chi connectivity index (χ1) is 30.6. The summed E-state index contributed by atoms with van der Waals surface area (Å²) in [5, 5.41) is 11.7. The molecule has 2 atom stereocenters. The fourth-order valence-corrected chi connectivity index (χ4v) is 8.72. The van der Waals surface area contributed by atoms with Crippen molar-refractivity contribution in [2.24, 2.45) is 0 Å². The van der Waals surface area contributed by atoms with Gasteiger partial charge in [0.25, 0.3) is 0 Å². The number of nitrogens with zero attached hydrogens (tertiary/aromatic N) is 1. The number of carboxylic acids is 1. The van der Waals surface area contributed by atoms with Crippen molar-refractivity contribution in [1.29, 1.82) is 0 Å². The molecule has 0 aliphatic heterocycles. The molecular formula is C55H107NO7. The Bertz CT molecular complexity index is 998. The Morgan fingerprint density at radius 2 is 0.698 bits per heavy atom. The molecule has 0 aromatic heterocycles. The molecule has 0 fully saturated rings. The van der Waals surface area contributed by atoms with Crippen molar-refractivity contribution in [3.8, 4) is 0 Å². The van der Waals surface area contributed by atoms with Crippen molar-refractivity contribution < 1.29 is 38.2 Å². The van der Waals surface area contributed by atoms with Crippen molar-refractivity contribution >= 4 is 17.9 Å². The van der Waals surface area contributed by atoms with Crippen molar-refractivity contribution in [2.75, 3.05) is 41.0 Å². The molecule has 0 saturated heterocycles. The lowest BCUT2D eigenvalue weighted by atomic mass is 10.0. The number of ether oxygens (including phenoxy) is 3. The molecule has 8 nitrogen and oxygen atoms in total. The number of unbranched alkanes of at least 4 members (excludes halogenated alkanes) is 37. The number of likely N-dealkylation sites (N-methyl/N-ethyl adjacent to an activating group) is 1. The Labute approximate surface area is 391 Å². The summed E-state index contributed by atoms with van der Waals surface area (Å²) in [4.78, 5) is 37.1. The van der Waals surface area contributed by atoms with Gasteiger partial charge in [0.2, 0.25) is 0 Å². The van der Waals surface area contributed by atoms with Gasteiger partial charge >= 0.3 is 11.9 Å². The number of rotatable bonds is 51. The first kappa shape index (κ1) is 61.3. The lowest BCUT2D eigenvalue weighted by Crippen LogP contribution is -2.55. The highest BCUT2D eigenvalue weighted by Gasteiger charge is 2.25. The lowest BCUT2D eigenvalue weighted by molar-refractivity contribution is -0.889. The van der Waals surface area contributed by atoms with Crippen LogP contribution >= 0.6 is 0 Å². The van der Waals surface area contributed by atoms with Crippen LogP contribution in [0.3, 0.4) is 0 Å². The second-order valence-corrected chi connectivity index (χ2v) is 20.2. The highest BCUT2D eigenvalue weighted by atomic mass is 16.6. The largest absolute Gasteiger partial charge is 0.544 e. The van der Waals surface area contributed by atoms with Gasteiger partial charge in [-0.15, -0.1) is 0 Å². The first-order valence-electron chi connectivity index (χ1n) is 27.6. The molecule has 0 aliphatic rings. The number of esters is 2. The maximum absolute atomic E-state index is 12.8. The summed E-state index contributed by atoms with van der Waals surface area (Å²) in [6.07, 6.45) is 51.4. The number of quaternary nitrogens is 1. The number of aliphatic carboxylic acids is 1. The molecule has 63 heavy (non-hydrogen) atoms. The van der Waals surface area contributed by atoms with Gasteiger partial charge < -0.3 is 28.6 Å². The van der Waals surface area contributed by atoms with E-state index >= 15 is 0 Å². The van der Waals surface area contributed by atoms with Gasteiger partial charge in [-0.2, -0.15) is 0 Å². The minimum absolute atomic E-state index is 0.0500. The Morgan fingerprint density at radius 3 is 0.984 bits per heavy atom. The second kappa shape index (κ2) is 46.8. The fraction of sp³-hybridized carbons (Fsp3) is 0.945. The molecule has 0 radical (unpaired) electrons. The molecule has 0 spiro atoms. The zero-order valence-corrected chi connectivity index (χ0v) is 42.8. The van der Waals surface area contributed by atoms with E-state index in [2.05, 4.69) is 13.8 Å². The third-order valence-electron chi connectivity index (χ3n) is 13.0. The van der Waals surface area contributed by atoms with Gasteiger partial charge in [0.05, 0.1) is 40.3 Å². The normalized spacial score (nSPS) is 12.7. The van der Waals surface area contributed by atoms with Crippen molar-refractivity contribution in [2.45, 2.75) is 296 Å². The quantitative estimate of drug-likeness (QED) is 0.0340.